The first kappa shape index (κ1) is 22.7. The van der Waals surface area contributed by atoms with E-state index in [9.17, 15) is 18.0 Å². The molecule has 31 heavy (non-hydrogen) atoms. The van der Waals surface area contributed by atoms with E-state index >= 15 is 0 Å². The van der Waals surface area contributed by atoms with Gasteiger partial charge in [0, 0.05) is 19.0 Å². The third-order valence-electron chi connectivity index (χ3n) is 4.90. The number of rotatable bonds is 6. The molecule has 2 aromatic rings. The van der Waals surface area contributed by atoms with Gasteiger partial charge in [-0.05, 0) is 44.0 Å². The molecule has 8 heteroatoms. The van der Waals surface area contributed by atoms with Crippen LogP contribution in [0.4, 0.5) is 18.0 Å². The zero-order valence-corrected chi connectivity index (χ0v) is 17.7. The minimum atomic E-state index is -4.39. The summed E-state index contributed by atoms with van der Waals surface area (Å²) in [5, 5.41) is 7.01. The van der Waals surface area contributed by atoms with Gasteiger partial charge in [0.25, 0.3) is 0 Å². The second kappa shape index (κ2) is 9.41. The number of aryl methyl sites for hydroxylation is 1. The molecule has 3 rings (SSSR count). The molecule has 0 unspecified atom stereocenters. The number of nitrogens with one attached hydrogen (secondary N) is 1. The molecule has 1 aliphatic heterocycles. The number of amides is 2. The van der Waals surface area contributed by atoms with Crippen LogP contribution in [0.25, 0.3) is 0 Å². The number of nitrogens with zero attached hydrogens (tertiary/aromatic N) is 2. The Hall–Kier alpha value is -3.03. The van der Waals surface area contributed by atoms with Gasteiger partial charge in [0.2, 0.25) is 0 Å². The van der Waals surface area contributed by atoms with Gasteiger partial charge in [-0.3, -0.25) is 0 Å². The number of benzene rings is 2. The van der Waals surface area contributed by atoms with Crippen molar-refractivity contribution in [1.29, 1.82) is 0 Å². The van der Waals surface area contributed by atoms with E-state index in [2.05, 4.69) is 10.5 Å². The smallest absolute Gasteiger partial charge is 0.390 e. The Morgan fingerprint density at radius 2 is 1.81 bits per heavy atom. The largest absolute Gasteiger partial charge is 0.416 e. The summed E-state index contributed by atoms with van der Waals surface area (Å²) in [5.41, 5.74) is 2.81. The van der Waals surface area contributed by atoms with Gasteiger partial charge >= 0.3 is 12.2 Å². The van der Waals surface area contributed by atoms with Crippen molar-refractivity contribution in [1.82, 2.24) is 10.2 Å². The highest BCUT2D eigenvalue weighted by molar-refractivity contribution is 6.01. The average molecular weight is 433 g/mol. The standard InChI is InChI=1S/C23H26F3N3O2/c1-15(2)27-22(30)29(13-17-6-10-19(11-7-17)23(24,25)26)14-20-12-21(28-31-20)18-8-4-16(3)5-9-18/h4-11,15,20H,12-14H2,1-3H3,(H,27,30)/t20-/m0/s1. The zero-order valence-electron chi connectivity index (χ0n) is 17.7. The molecular weight excluding hydrogens is 407 g/mol. The number of halogens is 3. The fraction of sp³-hybridized carbons (Fsp3) is 0.391. The summed E-state index contributed by atoms with van der Waals surface area (Å²) < 4.78 is 38.5. The topological polar surface area (TPSA) is 53.9 Å². The lowest BCUT2D eigenvalue weighted by Gasteiger charge is -2.26. The zero-order chi connectivity index (χ0) is 22.6. The molecule has 0 saturated carbocycles. The first-order valence-electron chi connectivity index (χ1n) is 10.1. The monoisotopic (exact) mass is 433 g/mol. The maximum atomic E-state index is 12.8. The van der Waals surface area contributed by atoms with Crippen LogP contribution in [0.1, 0.15) is 42.5 Å². The number of carbonyl (C=O) groups is 1. The van der Waals surface area contributed by atoms with E-state index in [1.165, 1.54) is 12.1 Å². The Bertz CT molecular complexity index is 923. The highest BCUT2D eigenvalue weighted by atomic mass is 19.4. The molecule has 0 fully saturated rings. The molecule has 5 nitrogen and oxygen atoms in total. The number of oxime groups is 1. The summed E-state index contributed by atoms with van der Waals surface area (Å²) in [6, 6.07) is 12.4. The van der Waals surface area contributed by atoms with E-state index in [4.69, 9.17) is 4.84 Å². The maximum absolute atomic E-state index is 12.8. The maximum Gasteiger partial charge on any atom is 0.416 e. The molecule has 0 spiro atoms. The van der Waals surface area contributed by atoms with Gasteiger partial charge in [-0.15, -0.1) is 0 Å². The van der Waals surface area contributed by atoms with Crippen molar-refractivity contribution >= 4 is 11.7 Å². The van der Waals surface area contributed by atoms with E-state index in [1.807, 2.05) is 45.0 Å². The minimum absolute atomic E-state index is 0.0773. The number of carbonyl (C=O) groups excluding carboxylic acids is 1. The quantitative estimate of drug-likeness (QED) is 0.687. The van der Waals surface area contributed by atoms with Crippen molar-refractivity contribution in [2.45, 2.75) is 52.1 Å². The molecule has 0 bridgehead atoms. The number of hydrogen-bond acceptors (Lipinski definition) is 3. The number of urea groups is 1. The molecule has 2 aromatic carbocycles. The van der Waals surface area contributed by atoms with Gasteiger partial charge < -0.3 is 15.1 Å². The Morgan fingerprint density at radius 3 is 2.39 bits per heavy atom. The molecule has 1 aliphatic rings. The van der Waals surface area contributed by atoms with Crippen LogP contribution < -0.4 is 5.32 Å². The lowest BCUT2D eigenvalue weighted by Crippen LogP contribution is -2.45. The molecule has 0 aliphatic carbocycles. The van der Waals surface area contributed by atoms with Gasteiger partial charge in [0.05, 0.1) is 17.8 Å². The molecule has 0 aromatic heterocycles. The van der Waals surface area contributed by atoms with Gasteiger partial charge in [0.15, 0.2) is 6.10 Å². The summed E-state index contributed by atoms with van der Waals surface area (Å²) in [5.74, 6) is 0. The van der Waals surface area contributed by atoms with Crippen LogP contribution in [0.5, 0.6) is 0 Å². The van der Waals surface area contributed by atoms with E-state index < -0.39 is 11.7 Å². The van der Waals surface area contributed by atoms with Gasteiger partial charge in [-0.2, -0.15) is 13.2 Å². The SMILES string of the molecule is Cc1ccc(C2=NO[C@H](CN(Cc3ccc(C(F)(F)F)cc3)C(=O)NC(C)C)C2)cc1. The number of alkyl halides is 3. The van der Waals surface area contributed by atoms with Crippen LogP contribution in [0.2, 0.25) is 0 Å². The average Bonchev–Trinajstić information content (AvgIpc) is 3.16. The first-order chi connectivity index (χ1) is 14.6. The molecule has 166 valence electrons. The van der Waals surface area contributed by atoms with Crippen LogP contribution >= 0.6 is 0 Å². The minimum Gasteiger partial charge on any atom is -0.390 e. The summed E-state index contributed by atoms with van der Waals surface area (Å²) in [7, 11) is 0. The van der Waals surface area contributed by atoms with Crippen LogP contribution in [0.3, 0.4) is 0 Å². The predicted octanol–water partition coefficient (Wildman–Crippen LogP) is 5.13. The lowest BCUT2D eigenvalue weighted by atomic mass is 10.0. The normalized spacial score (nSPS) is 16.1. The summed E-state index contributed by atoms with van der Waals surface area (Å²) in [6.45, 7) is 6.12. The molecule has 0 radical (unpaired) electrons. The highest BCUT2D eigenvalue weighted by Gasteiger charge is 2.30. The van der Waals surface area contributed by atoms with E-state index in [0.717, 1.165) is 29.0 Å². The van der Waals surface area contributed by atoms with Gasteiger partial charge in [0.1, 0.15) is 0 Å². The first-order valence-corrected chi connectivity index (χ1v) is 10.1. The summed E-state index contributed by atoms with van der Waals surface area (Å²) in [4.78, 5) is 19.8. The van der Waals surface area contributed by atoms with E-state index in [1.54, 1.807) is 4.90 Å². The van der Waals surface area contributed by atoms with Crippen molar-refractivity contribution in [2.24, 2.45) is 5.16 Å². The van der Waals surface area contributed by atoms with Crippen molar-refractivity contribution in [2.75, 3.05) is 6.54 Å². The van der Waals surface area contributed by atoms with Crippen LogP contribution in [-0.4, -0.2) is 35.3 Å². The van der Waals surface area contributed by atoms with E-state index in [-0.39, 0.29) is 31.3 Å². The van der Waals surface area contributed by atoms with Gasteiger partial charge in [-0.25, -0.2) is 4.79 Å². The van der Waals surface area contributed by atoms with Crippen molar-refractivity contribution < 1.29 is 22.8 Å². The summed E-state index contributed by atoms with van der Waals surface area (Å²) >= 11 is 0. The second-order valence-electron chi connectivity index (χ2n) is 8.01. The highest BCUT2D eigenvalue weighted by Crippen LogP contribution is 2.29. The lowest BCUT2D eigenvalue weighted by molar-refractivity contribution is -0.137. The second-order valence-corrected chi connectivity index (χ2v) is 8.01. The molecule has 2 amide bonds. The molecule has 1 atom stereocenters. The third-order valence-corrected chi connectivity index (χ3v) is 4.90. The van der Waals surface area contributed by atoms with Crippen molar-refractivity contribution in [3.63, 3.8) is 0 Å². The Morgan fingerprint density at radius 1 is 1.16 bits per heavy atom. The van der Waals surface area contributed by atoms with Crippen LogP contribution in [-0.2, 0) is 17.6 Å². The van der Waals surface area contributed by atoms with Gasteiger partial charge in [-0.1, -0.05) is 47.1 Å². The van der Waals surface area contributed by atoms with Crippen molar-refractivity contribution in [3.05, 3.63) is 70.8 Å². The third kappa shape index (κ3) is 6.23. The predicted molar refractivity (Wildman–Crippen MR) is 113 cm³/mol. The molecule has 1 heterocycles. The molecular formula is C23H26F3N3O2. The van der Waals surface area contributed by atoms with E-state index in [0.29, 0.717) is 12.0 Å². The summed E-state index contributed by atoms with van der Waals surface area (Å²) in [6.07, 6.45) is -4.18. The number of hydrogen-bond donors (Lipinski definition) is 1. The Labute approximate surface area is 179 Å². The molecule has 0 saturated heterocycles. The molecule has 1 N–H and O–H groups in total. The van der Waals surface area contributed by atoms with Crippen LogP contribution in [0, 0.1) is 6.92 Å². The fourth-order valence-corrected chi connectivity index (χ4v) is 3.27. The fourth-order valence-electron chi connectivity index (χ4n) is 3.27. The Kier molecular flexibility index (Phi) is 6.87. The van der Waals surface area contributed by atoms with Crippen molar-refractivity contribution in [3.8, 4) is 0 Å². The van der Waals surface area contributed by atoms with Crippen LogP contribution in [0.15, 0.2) is 53.7 Å². The Balaban J connectivity index is 1.68.